The minimum atomic E-state index is 0.776. The third-order valence-electron chi connectivity index (χ3n) is 3.06. The van der Waals surface area contributed by atoms with Crippen molar-refractivity contribution in [1.29, 1.82) is 0 Å². The third-order valence-corrected chi connectivity index (χ3v) is 3.06. The summed E-state index contributed by atoms with van der Waals surface area (Å²) in [4.78, 5) is 4.61. The first kappa shape index (κ1) is 16.0. The topological polar surface area (TPSA) is 38.1 Å². The van der Waals surface area contributed by atoms with Crippen LogP contribution in [0.1, 0.15) is 12.8 Å². The minimum absolute atomic E-state index is 0.776. The zero-order chi connectivity index (χ0) is 15.8. The van der Waals surface area contributed by atoms with E-state index in [9.17, 15) is 0 Å². The van der Waals surface area contributed by atoms with Crippen molar-refractivity contribution in [1.82, 2.24) is 10.3 Å². The second-order valence-electron chi connectivity index (χ2n) is 4.87. The van der Waals surface area contributed by atoms with E-state index in [2.05, 4.69) is 29.4 Å². The molecule has 0 atom stereocenters. The molecule has 3 nitrogen and oxygen atoms in total. The van der Waals surface area contributed by atoms with E-state index in [4.69, 9.17) is 4.42 Å². The van der Waals surface area contributed by atoms with E-state index in [1.807, 2.05) is 62.6 Å². The average Bonchev–Trinajstić information content (AvgIpc) is 3.02. The fourth-order valence-corrected chi connectivity index (χ4v) is 2.09. The van der Waals surface area contributed by atoms with Gasteiger partial charge in [-0.1, -0.05) is 67.6 Å². The van der Waals surface area contributed by atoms with Gasteiger partial charge in [-0.25, -0.2) is 4.98 Å². The van der Waals surface area contributed by atoms with Crippen LogP contribution in [0.5, 0.6) is 0 Å². The summed E-state index contributed by atoms with van der Waals surface area (Å²) in [6, 6.07) is 20.3. The van der Waals surface area contributed by atoms with Crippen LogP contribution in [-0.4, -0.2) is 19.1 Å². The molecule has 0 aliphatic rings. The summed E-state index contributed by atoms with van der Waals surface area (Å²) >= 11 is 0. The lowest BCUT2D eigenvalue weighted by Crippen LogP contribution is -1.89. The largest absolute Gasteiger partial charge is 0.440 e. The molecule has 3 heteroatoms. The lowest BCUT2D eigenvalue weighted by atomic mass is 10.1. The van der Waals surface area contributed by atoms with Crippen LogP contribution in [-0.2, 0) is 6.42 Å². The minimum Gasteiger partial charge on any atom is -0.440 e. The lowest BCUT2D eigenvalue weighted by Gasteiger charge is -2.00. The summed E-state index contributed by atoms with van der Waals surface area (Å²) in [5.74, 6) is 1.63. The Morgan fingerprint density at radius 2 is 1.36 bits per heavy atom. The Morgan fingerprint density at radius 3 is 1.86 bits per heavy atom. The van der Waals surface area contributed by atoms with Crippen molar-refractivity contribution in [3.05, 3.63) is 66.6 Å². The van der Waals surface area contributed by atoms with Crippen LogP contribution >= 0.6 is 0 Å². The van der Waals surface area contributed by atoms with E-state index >= 15 is 0 Å². The number of rotatable bonds is 3. The predicted octanol–water partition coefficient (Wildman–Crippen LogP) is 4.41. The van der Waals surface area contributed by atoms with Crippen molar-refractivity contribution in [3.63, 3.8) is 0 Å². The first-order valence-electron chi connectivity index (χ1n) is 7.49. The molecule has 3 aromatic rings. The number of oxazole rings is 1. The van der Waals surface area contributed by atoms with Gasteiger partial charge in [-0.2, -0.15) is 0 Å². The molecular formula is C19H22N2O. The van der Waals surface area contributed by atoms with Crippen molar-refractivity contribution in [2.24, 2.45) is 0 Å². The molecule has 0 spiro atoms. The Bertz CT molecular complexity index is 618. The van der Waals surface area contributed by atoms with Gasteiger partial charge in [0.25, 0.3) is 0 Å². The Kier molecular flexibility index (Phi) is 5.92. The van der Waals surface area contributed by atoms with Crippen LogP contribution in [0, 0.1) is 0 Å². The number of aryl methyl sites for hydroxylation is 1. The number of aromatic nitrogens is 1. The van der Waals surface area contributed by atoms with Crippen molar-refractivity contribution < 1.29 is 4.42 Å². The first-order chi connectivity index (χ1) is 10.8. The van der Waals surface area contributed by atoms with E-state index in [1.54, 1.807) is 0 Å². The van der Waals surface area contributed by atoms with Crippen molar-refractivity contribution in [2.45, 2.75) is 13.3 Å². The van der Waals surface area contributed by atoms with Gasteiger partial charge in [-0.05, 0) is 14.1 Å². The highest BCUT2D eigenvalue weighted by molar-refractivity contribution is 5.76. The number of nitrogens with zero attached hydrogens (tertiary/aromatic N) is 1. The van der Waals surface area contributed by atoms with Crippen LogP contribution in [0.4, 0.5) is 0 Å². The molecule has 0 fully saturated rings. The SMILES string of the molecule is CCc1nc(-c2ccccc2)c(-c2ccccc2)o1.CNC. The van der Waals surface area contributed by atoms with E-state index in [0.29, 0.717) is 0 Å². The molecule has 2 aromatic carbocycles. The predicted molar refractivity (Wildman–Crippen MR) is 91.7 cm³/mol. The van der Waals surface area contributed by atoms with Crippen LogP contribution in [0.2, 0.25) is 0 Å². The Morgan fingerprint density at radius 1 is 0.864 bits per heavy atom. The zero-order valence-corrected chi connectivity index (χ0v) is 13.3. The zero-order valence-electron chi connectivity index (χ0n) is 13.3. The number of hydrogen-bond acceptors (Lipinski definition) is 3. The monoisotopic (exact) mass is 294 g/mol. The fourth-order valence-electron chi connectivity index (χ4n) is 2.09. The number of nitrogens with one attached hydrogen (secondary N) is 1. The standard InChI is InChI=1S/C17H15NO.C2H7N/c1-2-15-18-16(13-9-5-3-6-10-13)17(19-15)14-11-7-4-8-12-14;1-3-2/h3-12H,2H2,1H3;3H,1-2H3. The van der Waals surface area contributed by atoms with Crippen LogP contribution in [0.15, 0.2) is 65.1 Å². The Labute approximate surface area is 132 Å². The van der Waals surface area contributed by atoms with Crippen molar-refractivity contribution in [3.8, 4) is 22.6 Å². The average molecular weight is 294 g/mol. The molecule has 1 heterocycles. The van der Waals surface area contributed by atoms with Crippen LogP contribution < -0.4 is 5.32 Å². The normalized spacial score (nSPS) is 9.95. The first-order valence-corrected chi connectivity index (χ1v) is 7.49. The van der Waals surface area contributed by atoms with Gasteiger partial charge in [0.05, 0.1) is 0 Å². The van der Waals surface area contributed by atoms with Crippen LogP contribution in [0.3, 0.4) is 0 Å². The maximum atomic E-state index is 5.89. The third kappa shape index (κ3) is 3.83. The molecule has 0 aliphatic heterocycles. The molecule has 0 radical (unpaired) electrons. The maximum Gasteiger partial charge on any atom is 0.195 e. The smallest absolute Gasteiger partial charge is 0.195 e. The second kappa shape index (κ2) is 8.15. The van der Waals surface area contributed by atoms with E-state index in [1.165, 1.54) is 0 Å². The number of benzene rings is 2. The van der Waals surface area contributed by atoms with Crippen LogP contribution in [0.25, 0.3) is 22.6 Å². The van der Waals surface area contributed by atoms with E-state index in [-0.39, 0.29) is 0 Å². The number of hydrogen-bond donors (Lipinski definition) is 1. The van der Waals surface area contributed by atoms with Gasteiger partial charge >= 0.3 is 0 Å². The van der Waals surface area contributed by atoms with Gasteiger partial charge in [0.1, 0.15) is 5.69 Å². The van der Waals surface area contributed by atoms with E-state index < -0.39 is 0 Å². The van der Waals surface area contributed by atoms with E-state index in [0.717, 1.165) is 34.9 Å². The van der Waals surface area contributed by atoms with Gasteiger partial charge in [-0.3, -0.25) is 0 Å². The molecule has 0 saturated carbocycles. The van der Waals surface area contributed by atoms with Gasteiger partial charge in [0.15, 0.2) is 11.7 Å². The van der Waals surface area contributed by atoms with Crippen molar-refractivity contribution in [2.75, 3.05) is 14.1 Å². The highest BCUT2D eigenvalue weighted by Gasteiger charge is 2.15. The lowest BCUT2D eigenvalue weighted by molar-refractivity contribution is 0.514. The summed E-state index contributed by atoms with van der Waals surface area (Å²) < 4.78 is 5.89. The second-order valence-corrected chi connectivity index (χ2v) is 4.87. The highest BCUT2D eigenvalue weighted by Crippen LogP contribution is 2.32. The van der Waals surface area contributed by atoms with Gasteiger partial charge in [0, 0.05) is 17.5 Å². The molecule has 0 saturated heterocycles. The summed E-state index contributed by atoms with van der Waals surface area (Å²) in [5.41, 5.74) is 3.07. The molecule has 0 aliphatic carbocycles. The molecule has 1 aromatic heterocycles. The molecule has 3 rings (SSSR count). The highest BCUT2D eigenvalue weighted by atomic mass is 16.4. The molecule has 0 amide bonds. The summed E-state index contributed by atoms with van der Waals surface area (Å²) in [5, 5.41) is 2.75. The quantitative estimate of drug-likeness (QED) is 0.777. The van der Waals surface area contributed by atoms with Gasteiger partial charge < -0.3 is 9.73 Å². The molecule has 0 unspecified atom stereocenters. The Balaban J connectivity index is 0.000000545. The summed E-state index contributed by atoms with van der Waals surface area (Å²) in [6.07, 6.45) is 0.798. The summed E-state index contributed by atoms with van der Waals surface area (Å²) in [6.45, 7) is 2.05. The van der Waals surface area contributed by atoms with Gasteiger partial charge in [0.2, 0.25) is 0 Å². The molecule has 1 N–H and O–H groups in total. The fraction of sp³-hybridized carbons (Fsp3) is 0.211. The summed E-state index contributed by atoms with van der Waals surface area (Å²) in [7, 11) is 3.75. The molecular weight excluding hydrogens is 272 g/mol. The molecule has 0 bridgehead atoms. The maximum absolute atomic E-state index is 5.89. The molecule has 114 valence electrons. The van der Waals surface area contributed by atoms with Crippen molar-refractivity contribution >= 4 is 0 Å². The molecule has 22 heavy (non-hydrogen) atoms. The Hall–Kier alpha value is -2.39. The van der Waals surface area contributed by atoms with Gasteiger partial charge in [-0.15, -0.1) is 0 Å².